The van der Waals surface area contributed by atoms with E-state index in [1.54, 1.807) is 14.3 Å². The molecule has 0 spiro atoms. The number of hydrogen-bond donors (Lipinski definition) is 0. The molecule has 2 aromatic rings. The fourth-order valence-corrected chi connectivity index (χ4v) is 12.3. The molecule has 0 amide bonds. The second kappa shape index (κ2) is 5.71. The van der Waals surface area contributed by atoms with E-state index >= 15 is 0 Å². The van der Waals surface area contributed by atoms with Gasteiger partial charge >= 0.3 is 141 Å². The van der Waals surface area contributed by atoms with Crippen LogP contribution in [0.1, 0.15) is 46.2 Å². The third-order valence-electron chi connectivity index (χ3n) is 4.85. The Morgan fingerprint density at radius 2 is 1.23 bits per heavy atom. The van der Waals surface area contributed by atoms with Crippen LogP contribution >= 0.6 is 0 Å². The minimum absolute atomic E-state index is 0. The van der Waals surface area contributed by atoms with E-state index in [0.29, 0.717) is 7.25 Å². The van der Waals surface area contributed by atoms with Gasteiger partial charge in [-0.25, -0.2) is 0 Å². The molecule has 22 heavy (non-hydrogen) atoms. The summed E-state index contributed by atoms with van der Waals surface area (Å²) >= 11 is -1.84. The van der Waals surface area contributed by atoms with Crippen LogP contribution in [0.3, 0.4) is 0 Å². The van der Waals surface area contributed by atoms with Crippen molar-refractivity contribution in [2.24, 2.45) is 0 Å². The van der Waals surface area contributed by atoms with Crippen LogP contribution in [0.4, 0.5) is 0 Å². The van der Waals surface area contributed by atoms with Gasteiger partial charge in [0, 0.05) is 0 Å². The number of rotatable bonds is 2. The van der Waals surface area contributed by atoms with Crippen LogP contribution in [0.5, 0.6) is 0 Å². The summed E-state index contributed by atoms with van der Waals surface area (Å²) in [7, 11) is 0. The molecule has 0 saturated carbocycles. The van der Waals surface area contributed by atoms with E-state index in [1.807, 2.05) is 0 Å². The smallest absolute Gasteiger partial charge is 1.00 e. The molecule has 2 aliphatic rings. The van der Waals surface area contributed by atoms with Crippen LogP contribution < -0.4 is 0 Å². The Kier molecular flexibility index (Phi) is 3.70. The zero-order valence-corrected chi connectivity index (χ0v) is 15.5. The standard InChI is InChI=1S/2C9H7.C3H6.Zr.2H/c2*1-2-5-9-7-3-6-8(9)4-1;1-3-2;;;/h2*1-7H;1-2H3;;;/q;;;+2;2*-1. The van der Waals surface area contributed by atoms with Crippen LogP contribution in [-0.4, -0.2) is 3.21 Å². The number of hydrogen-bond acceptors (Lipinski definition) is 0. The molecule has 110 valence electrons. The van der Waals surface area contributed by atoms with Crippen molar-refractivity contribution in [1.29, 1.82) is 0 Å². The van der Waals surface area contributed by atoms with Crippen LogP contribution in [-0.2, 0) is 21.3 Å². The average molecular weight is 366 g/mol. The Morgan fingerprint density at radius 3 is 1.68 bits per heavy atom. The van der Waals surface area contributed by atoms with Crippen LogP contribution in [0, 0.1) is 0 Å². The molecular weight excluding hydrogens is 343 g/mol. The van der Waals surface area contributed by atoms with Crippen molar-refractivity contribution in [2.75, 3.05) is 0 Å². The largest absolute Gasteiger partial charge is 1.00 e. The summed E-state index contributed by atoms with van der Waals surface area (Å²) in [5, 5.41) is 0. The monoisotopic (exact) mass is 364 g/mol. The maximum atomic E-state index is 2.49. The molecule has 0 aromatic heterocycles. The second-order valence-corrected chi connectivity index (χ2v) is 14.1. The predicted octanol–water partition coefficient (Wildman–Crippen LogP) is 5.58. The molecule has 0 heterocycles. The van der Waals surface area contributed by atoms with Crippen molar-refractivity contribution in [2.45, 2.75) is 21.1 Å². The van der Waals surface area contributed by atoms with Crippen molar-refractivity contribution in [1.82, 2.24) is 0 Å². The molecule has 4 rings (SSSR count). The molecule has 0 N–H and O–H groups in total. The molecule has 1 heteroatoms. The van der Waals surface area contributed by atoms with E-state index in [4.69, 9.17) is 0 Å². The molecule has 2 aromatic carbocycles. The van der Waals surface area contributed by atoms with E-state index in [9.17, 15) is 0 Å². The second-order valence-electron chi connectivity index (χ2n) is 6.39. The first-order chi connectivity index (χ1) is 10.8. The topological polar surface area (TPSA) is 0 Å². The third kappa shape index (κ3) is 2.27. The summed E-state index contributed by atoms with van der Waals surface area (Å²) in [6.45, 7) is 4.75. The van der Waals surface area contributed by atoms with E-state index in [1.165, 1.54) is 11.1 Å². The minimum atomic E-state index is -1.84. The summed E-state index contributed by atoms with van der Waals surface area (Å²) < 4.78 is 3.08. The van der Waals surface area contributed by atoms with Crippen LogP contribution in [0.25, 0.3) is 12.2 Å². The third-order valence-corrected chi connectivity index (χ3v) is 13.5. The summed E-state index contributed by atoms with van der Waals surface area (Å²) in [6, 6.07) is 17.9. The summed E-state index contributed by atoms with van der Waals surface area (Å²) in [5.74, 6) is 0. The van der Waals surface area contributed by atoms with Crippen LogP contribution in [0.2, 0.25) is 0 Å². The van der Waals surface area contributed by atoms with Gasteiger partial charge in [-0.05, 0) is 0 Å². The van der Waals surface area contributed by atoms with Gasteiger partial charge in [-0.2, -0.15) is 0 Å². The van der Waals surface area contributed by atoms with Crippen molar-refractivity contribution in [3.8, 4) is 0 Å². The summed E-state index contributed by atoms with van der Waals surface area (Å²) in [4.78, 5) is 0. The maximum absolute atomic E-state index is 2.49. The van der Waals surface area contributed by atoms with E-state index < -0.39 is 21.3 Å². The predicted molar refractivity (Wildman–Crippen MR) is 95.0 cm³/mol. The number of benzene rings is 2. The van der Waals surface area contributed by atoms with Gasteiger partial charge in [-0.15, -0.1) is 0 Å². The molecule has 2 unspecified atom stereocenters. The fraction of sp³-hybridized carbons (Fsp3) is 0.190. The first-order valence-electron chi connectivity index (χ1n) is 7.97. The van der Waals surface area contributed by atoms with Crippen molar-refractivity contribution >= 4 is 15.4 Å². The quantitative estimate of drug-likeness (QED) is 0.652. The van der Waals surface area contributed by atoms with E-state index in [2.05, 4.69) is 86.7 Å². The van der Waals surface area contributed by atoms with Gasteiger partial charge in [0.2, 0.25) is 0 Å². The van der Waals surface area contributed by atoms with Gasteiger partial charge in [0.05, 0.1) is 0 Å². The van der Waals surface area contributed by atoms with Gasteiger partial charge in [-0.3, -0.25) is 0 Å². The number of fused-ring (bicyclic) bond motifs is 2. The Bertz CT molecular complexity index is 766. The zero-order valence-electron chi connectivity index (χ0n) is 15.1. The summed E-state index contributed by atoms with van der Waals surface area (Å²) in [6.07, 6.45) is 9.66. The molecular formula is C21H22Zr. The molecule has 2 aliphatic carbocycles. The van der Waals surface area contributed by atoms with Crippen molar-refractivity contribution in [3.63, 3.8) is 0 Å². The molecule has 0 fully saturated rings. The van der Waals surface area contributed by atoms with Gasteiger partial charge in [-0.1, -0.05) is 0 Å². The molecule has 0 saturated heterocycles. The first kappa shape index (κ1) is 14.3. The SMILES string of the molecule is C[C](C)=[Zr+2]([CH]1C=Cc2ccccc21)[CH]1C=Cc2ccccc21.[H-].[H-]. The first-order valence-corrected chi connectivity index (χ1v) is 12.0. The fourth-order valence-electron chi connectivity index (χ4n) is 3.86. The Morgan fingerprint density at radius 1 is 0.773 bits per heavy atom. The van der Waals surface area contributed by atoms with Gasteiger partial charge in [0.1, 0.15) is 0 Å². The van der Waals surface area contributed by atoms with Gasteiger partial charge in [0.15, 0.2) is 0 Å². The molecule has 0 bridgehead atoms. The van der Waals surface area contributed by atoms with Crippen molar-refractivity contribution < 1.29 is 24.1 Å². The van der Waals surface area contributed by atoms with Crippen molar-refractivity contribution in [3.05, 3.63) is 82.9 Å². The Hall–Kier alpha value is -1.33. The molecule has 0 radical (unpaired) electrons. The Balaban J connectivity index is 0.00000104. The molecule has 0 nitrogen and oxygen atoms in total. The summed E-state index contributed by atoms with van der Waals surface area (Å²) in [5.41, 5.74) is 6.00. The van der Waals surface area contributed by atoms with E-state index in [-0.39, 0.29) is 2.85 Å². The van der Waals surface area contributed by atoms with Crippen LogP contribution in [0.15, 0.2) is 60.7 Å². The Labute approximate surface area is 143 Å². The maximum Gasteiger partial charge on any atom is -1.00 e. The number of allylic oxidation sites excluding steroid dienone is 2. The van der Waals surface area contributed by atoms with Gasteiger partial charge in [0.25, 0.3) is 0 Å². The van der Waals surface area contributed by atoms with Gasteiger partial charge < -0.3 is 2.85 Å². The molecule has 0 aliphatic heterocycles. The normalized spacial score (nSPS) is 20.4. The average Bonchev–Trinajstić information content (AvgIpc) is 3.13. The molecule has 2 atom stereocenters. The zero-order chi connectivity index (χ0) is 15.1. The van der Waals surface area contributed by atoms with E-state index in [0.717, 1.165) is 0 Å². The minimum Gasteiger partial charge on any atom is -1.00 e.